The molecule has 1 amide bonds. The third-order valence-corrected chi connectivity index (χ3v) is 2.69. The number of hydrogen-bond acceptors (Lipinski definition) is 4. The van der Waals surface area contributed by atoms with E-state index in [0.29, 0.717) is 0 Å². The van der Waals surface area contributed by atoms with Crippen LogP contribution in [-0.4, -0.2) is 10.8 Å². The number of non-ortho nitro benzene ring substituents is 1. The molecule has 0 radical (unpaired) electrons. The van der Waals surface area contributed by atoms with Gasteiger partial charge in [-0.3, -0.25) is 14.9 Å². The number of anilines is 2. The number of rotatable bonds is 3. The number of carbonyl (C=O) groups excluding carboxylic acids is 1. The second-order valence-corrected chi connectivity index (χ2v) is 4.08. The molecule has 0 bridgehead atoms. The predicted octanol–water partition coefficient (Wildman–Crippen LogP) is 2.71. The summed E-state index contributed by atoms with van der Waals surface area (Å²) in [6, 6.07) is 6.30. The van der Waals surface area contributed by atoms with Gasteiger partial charge in [-0.25, -0.2) is 8.78 Å². The summed E-state index contributed by atoms with van der Waals surface area (Å²) in [5, 5.41) is 12.7. The third kappa shape index (κ3) is 2.94. The first-order chi connectivity index (χ1) is 9.90. The molecule has 0 spiro atoms. The maximum atomic E-state index is 13.4. The Bertz CT molecular complexity index is 714. The quantitative estimate of drug-likeness (QED) is 0.516. The average molecular weight is 293 g/mol. The Balaban J connectivity index is 2.37. The van der Waals surface area contributed by atoms with E-state index in [9.17, 15) is 23.7 Å². The summed E-state index contributed by atoms with van der Waals surface area (Å²) in [6.45, 7) is 0. The number of hydrogen-bond donors (Lipinski definition) is 2. The van der Waals surface area contributed by atoms with Crippen molar-refractivity contribution in [1.82, 2.24) is 0 Å². The van der Waals surface area contributed by atoms with E-state index < -0.39 is 28.2 Å². The zero-order chi connectivity index (χ0) is 15.6. The average Bonchev–Trinajstić information content (AvgIpc) is 2.43. The van der Waals surface area contributed by atoms with E-state index in [4.69, 9.17) is 5.73 Å². The smallest absolute Gasteiger partial charge is 0.270 e. The van der Waals surface area contributed by atoms with Crippen molar-refractivity contribution in [3.63, 3.8) is 0 Å². The van der Waals surface area contributed by atoms with E-state index >= 15 is 0 Å². The summed E-state index contributed by atoms with van der Waals surface area (Å²) in [6.07, 6.45) is 0. The van der Waals surface area contributed by atoms with E-state index in [-0.39, 0.29) is 16.9 Å². The summed E-state index contributed by atoms with van der Waals surface area (Å²) in [7, 11) is 0. The molecule has 6 nitrogen and oxygen atoms in total. The highest BCUT2D eigenvalue weighted by molar-refractivity contribution is 6.08. The number of nitro groups is 1. The summed E-state index contributed by atoms with van der Waals surface area (Å²) in [5.41, 5.74) is 4.26. The normalized spacial score (nSPS) is 10.2. The molecule has 0 aliphatic carbocycles. The lowest BCUT2D eigenvalue weighted by molar-refractivity contribution is -0.384. The fourth-order valence-electron chi connectivity index (χ4n) is 1.65. The molecule has 2 aromatic rings. The van der Waals surface area contributed by atoms with Gasteiger partial charge >= 0.3 is 0 Å². The minimum Gasteiger partial charge on any atom is -0.398 e. The molecule has 108 valence electrons. The van der Waals surface area contributed by atoms with Crippen LogP contribution >= 0.6 is 0 Å². The number of halogens is 2. The first kappa shape index (κ1) is 14.4. The minimum absolute atomic E-state index is 0.0464. The molecular formula is C13H9F2N3O3. The Labute approximate surface area is 117 Å². The largest absolute Gasteiger partial charge is 0.398 e. The number of nitrogens with zero attached hydrogens (tertiary/aromatic N) is 1. The fraction of sp³-hybridized carbons (Fsp3) is 0. The molecule has 0 unspecified atom stereocenters. The third-order valence-electron chi connectivity index (χ3n) is 2.69. The molecule has 0 saturated heterocycles. The van der Waals surface area contributed by atoms with E-state index in [1.54, 1.807) is 0 Å². The Morgan fingerprint density at radius 2 is 1.81 bits per heavy atom. The molecule has 0 aliphatic heterocycles. The van der Waals surface area contributed by atoms with Crippen LogP contribution in [0.4, 0.5) is 25.8 Å². The maximum absolute atomic E-state index is 13.4. The SMILES string of the molecule is Nc1ccc([N+](=O)[O-])cc1C(=O)Nc1c(F)cccc1F. The van der Waals surface area contributed by atoms with Crippen LogP contribution in [0.2, 0.25) is 0 Å². The van der Waals surface area contributed by atoms with Crippen molar-refractivity contribution in [3.8, 4) is 0 Å². The van der Waals surface area contributed by atoms with Gasteiger partial charge in [-0.2, -0.15) is 0 Å². The van der Waals surface area contributed by atoms with E-state index in [0.717, 1.165) is 30.3 Å². The van der Waals surface area contributed by atoms with Gasteiger partial charge in [0.15, 0.2) is 0 Å². The Kier molecular flexibility index (Phi) is 3.79. The van der Waals surface area contributed by atoms with E-state index in [1.165, 1.54) is 6.07 Å². The van der Waals surface area contributed by atoms with Gasteiger partial charge in [-0.05, 0) is 18.2 Å². The molecular weight excluding hydrogens is 284 g/mol. The Morgan fingerprint density at radius 3 is 2.38 bits per heavy atom. The summed E-state index contributed by atoms with van der Waals surface area (Å²) in [4.78, 5) is 21.9. The molecule has 0 atom stereocenters. The molecule has 2 aromatic carbocycles. The van der Waals surface area contributed by atoms with Gasteiger partial charge in [0.1, 0.15) is 17.3 Å². The van der Waals surface area contributed by atoms with Gasteiger partial charge in [0, 0.05) is 17.8 Å². The topological polar surface area (TPSA) is 98.3 Å². The molecule has 2 rings (SSSR count). The van der Waals surface area contributed by atoms with Gasteiger partial charge in [0.2, 0.25) is 0 Å². The van der Waals surface area contributed by atoms with Gasteiger partial charge in [-0.1, -0.05) is 6.07 Å². The highest BCUT2D eigenvalue weighted by atomic mass is 19.1. The van der Waals surface area contributed by atoms with Crippen molar-refractivity contribution in [3.05, 3.63) is 63.7 Å². The van der Waals surface area contributed by atoms with Crippen LogP contribution in [0.5, 0.6) is 0 Å². The lowest BCUT2D eigenvalue weighted by Gasteiger charge is -2.09. The number of nitrogens with two attached hydrogens (primary N) is 1. The monoisotopic (exact) mass is 293 g/mol. The van der Waals surface area contributed by atoms with Crippen molar-refractivity contribution in [2.45, 2.75) is 0 Å². The highest BCUT2D eigenvalue weighted by Crippen LogP contribution is 2.23. The van der Waals surface area contributed by atoms with Crippen LogP contribution in [-0.2, 0) is 0 Å². The van der Waals surface area contributed by atoms with Crippen molar-refractivity contribution in [2.24, 2.45) is 0 Å². The summed E-state index contributed by atoms with van der Waals surface area (Å²) >= 11 is 0. The predicted molar refractivity (Wildman–Crippen MR) is 71.8 cm³/mol. The molecule has 0 aliphatic rings. The lowest BCUT2D eigenvalue weighted by Crippen LogP contribution is -2.16. The Hall–Kier alpha value is -3.03. The van der Waals surface area contributed by atoms with Crippen LogP contribution in [0.25, 0.3) is 0 Å². The molecule has 0 heterocycles. The number of nitrogens with one attached hydrogen (secondary N) is 1. The summed E-state index contributed by atoms with van der Waals surface area (Å²) < 4.78 is 26.9. The maximum Gasteiger partial charge on any atom is 0.270 e. The Morgan fingerprint density at radius 1 is 1.19 bits per heavy atom. The molecule has 8 heteroatoms. The van der Waals surface area contributed by atoms with Gasteiger partial charge in [0.25, 0.3) is 11.6 Å². The van der Waals surface area contributed by atoms with Crippen LogP contribution in [0.3, 0.4) is 0 Å². The van der Waals surface area contributed by atoms with Crippen LogP contribution in [0.15, 0.2) is 36.4 Å². The number of benzene rings is 2. The number of carbonyl (C=O) groups is 1. The molecule has 21 heavy (non-hydrogen) atoms. The minimum atomic E-state index is -0.965. The molecule has 0 fully saturated rings. The first-order valence-electron chi connectivity index (χ1n) is 5.69. The van der Waals surface area contributed by atoms with Crippen LogP contribution < -0.4 is 11.1 Å². The number of nitrogen functional groups attached to an aromatic ring is 1. The lowest BCUT2D eigenvalue weighted by atomic mass is 10.1. The molecule has 0 aromatic heterocycles. The zero-order valence-corrected chi connectivity index (χ0v) is 10.5. The van der Waals surface area contributed by atoms with Crippen molar-refractivity contribution in [2.75, 3.05) is 11.1 Å². The van der Waals surface area contributed by atoms with Gasteiger partial charge in [0.05, 0.1) is 10.5 Å². The van der Waals surface area contributed by atoms with Gasteiger partial charge in [-0.15, -0.1) is 0 Å². The molecule has 0 saturated carbocycles. The summed E-state index contributed by atoms with van der Waals surface area (Å²) in [5.74, 6) is -2.88. The second-order valence-electron chi connectivity index (χ2n) is 4.08. The number of para-hydroxylation sites is 1. The zero-order valence-electron chi connectivity index (χ0n) is 10.5. The number of amides is 1. The van der Waals surface area contributed by atoms with Crippen molar-refractivity contribution >= 4 is 23.0 Å². The fourth-order valence-corrected chi connectivity index (χ4v) is 1.65. The molecule has 3 N–H and O–H groups in total. The van der Waals surface area contributed by atoms with E-state index in [2.05, 4.69) is 0 Å². The van der Waals surface area contributed by atoms with E-state index in [1.807, 2.05) is 5.32 Å². The van der Waals surface area contributed by atoms with Gasteiger partial charge < -0.3 is 11.1 Å². The first-order valence-corrected chi connectivity index (χ1v) is 5.69. The van der Waals surface area contributed by atoms with Crippen molar-refractivity contribution in [1.29, 1.82) is 0 Å². The van der Waals surface area contributed by atoms with Crippen molar-refractivity contribution < 1.29 is 18.5 Å². The standard InChI is InChI=1S/C13H9F2N3O3/c14-9-2-1-3-10(15)12(9)17-13(19)8-6-7(18(20)21)4-5-11(8)16/h1-6H,16H2,(H,17,19). The second kappa shape index (κ2) is 5.53. The van der Waals surface area contributed by atoms with Crippen LogP contribution in [0.1, 0.15) is 10.4 Å². The number of nitro benzene ring substituents is 1. The van der Waals surface area contributed by atoms with Crippen LogP contribution in [0, 0.1) is 21.7 Å². The highest BCUT2D eigenvalue weighted by Gasteiger charge is 2.18.